The van der Waals surface area contributed by atoms with Crippen molar-refractivity contribution < 1.29 is 4.79 Å². The first-order valence-electron chi connectivity index (χ1n) is 8.36. The summed E-state index contributed by atoms with van der Waals surface area (Å²) in [5.41, 5.74) is 0. The Morgan fingerprint density at radius 1 is 1.00 bits per heavy atom. The molecule has 3 nitrogen and oxygen atoms in total. The quantitative estimate of drug-likeness (QED) is 0.794. The van der Waals surface area contributed by atoms with Crippen LogP contribution in [0.25, 0.3) is 0 Å². The second-order valence-electron chi connectivity index (χ2n) is 6.37. The molecule has 2 aliphatic rings. The molecule has 0 saturated heterocycles. The Kier molecular flexibility index (Phi) is 5.99. The van der Waals surface area contributed by atoms with Gasteiger partial charge in [0.05, 0.1) is 0 Å². The van der Waals surface area contributed by atoms with E-state index in [0.29, 0.717) is 18.0 Å². The molecule has 19 heavy (non-hydrogen) atoms. The standard InChI is InChI=1S/C16H30N2O/c1-2-15(13-9-5-3-6-10-13)18-16(19)17-14-11-7-4-8-12-14/h13-15H,2-12H2,1H3,(H2,17,18,19). The summed E-state index contributed by atoms with van der Waals surface area (Å²) >= 11 is 0. The van der Waals surface area contributed by atoms with Gasteiger partial charge in [-0.1, -0.05) is 45.4 Å². The van der Waals surface area contributed by atoms with Crippen LogP contribution < -0.4 is 10.6 Å². The lowest BCUT2D eigenvalue weighted by Gasteiger charge is -2.31. The first kappa shape index (κ1) is 14.7. The van der Waals surface area contributed by atoms with Crippen LogP contribution in [-0.2, 0) is 0 Å². The molecule has 1 atom stereocenters. The largest absolute Gasteiger partial charge is 0.335 e. The lowest BCUT2D eigenvalue weighted by Crippen LogP contribution is -2.49. The molecular formula is C16H30N2O. The van der Waals surface area contributed by atoms with E-state index >= 15 is 0 Å². The van der Waals surface area contributed by atoms with Gasteiger partial charge in [0, 0.05) is 12.1 Å². The fraction of sp³-hybridized carbons (Fsp3) is 0.938. The number of carbonyl (C=O) groups is 1. The number of rotatable bonds is 4. The molecule has 0 radical (unpaired) electrons. The Hall–Kier alpha value is -0.730. The van der Waals surface area contributed by atoms with Gasteiger partial charge in [0.25, 0.3) is 0 Å². The van der Waals surface area contributed by atoms with Gasteiger partial charge < -0.3 is 10.6 Å². The molecule has 1 unspecified atom stereocenters. The Labute approximate surface area is 117 Å². The lowest BCUT2D eigenvalue weighted by atomic mass is 9.83. The van der Waals surface area contributed by atoms with E-state index in [9.17, 15) is 4.79 Å². The average molecular weight is 266 g/mol. The Balaban J connectivity index is 1.74. The molecule has 110 valence electrons. The Bertz CT molecular complexity index is 268. The van der Waals surface area contributed by atoms with E-state index in [2.05, 4.69) is 17.6 Å². The highest BCUT2D eigenvalue weighted by molar-refractivity contribution is 5.74. The fourth-order valence-corrected chi connectivity index (χ4v) is 3.73. The summed E-state index contributed by atoms with van der Waals surface area (Å²) < 4.78 is 0. The van der Waals surface area contributed by atoms with E-state index < -0.39 is 0 Å². The van der Waals surface area contributed by atoms with Gasteiger partial charge in [-0.3, -0.25) is 0 Å². The van der Waals surface area contributed by atoms with Crippen molar-refractivity contribution in [3.63, 3.8) is 0 Å². The van der Waals surface area contributed by atoms with Crippen LogP contribution in [0.3, 0.4) is 0 Å². The van der Waals surface area contributed by atoms with Crippen molar-refractivity contribution in [3.05, 3.63) is 0 Å². The van der Waals surface area contributed by atoms with Crippen LogP contribution in [0.1, 0.15) is 77.6 Å². The van der Waals surface area contributed by atoms with Crippen molar-refractivity contribution in [1.82, 2.24) is 10.6 Å². The van der Waals surface area contributed by atoms with Crippen molar-refractivity contribution in [2.24, 2.45) is 5.92 Å². The van der Waals surface area contributed by atoms with Gasteiger partial charge in [0.2, 0.25) is 0 Å². The molecule has 0 heterocycles. The summed E-state index contributed by atoms with van der Waals surface area (Å²) in [5, 5.41) is 6.41. The summed E-state index contributed by atoms with van der Waals surface area (Å²) in [7, 11) is 0. The zero-order valence-corrected chi connectivity index (χ0v) is 12.4. The third kappa shape index (κ3) is 4.70. The van der Waals surface area contributed by atoms with Crippen LogP contribution in [0, 0.1) is 5.92 Å². The fourth-order valence-electron chi connectivity index (χ4n) is 3.73. The predicted molar refractivity (Wildman–Crippen MR) is 79.2 cm³/mol. The predicted octanol–water partition coefficient (Wildman–Crippen LogP) is 3.98. The number of amides is 2. The number of nitrogens with one attached hydrogen (secondary N) is 2. The highest BCUT2D eigenvalue weighted by atomic mass is 16.2. The van der Waals surface area contributed by atoms with E-state index in [4.69, 9.17) is 0 Å². The van der Waals surface area contributed by atoms with Gasteiger partial charge >= 0.3 is 6.03 Å². The van der Waals surface area contributed by atoms with E-state index in [1.807, 2.05) is 0 Å². The molecule has 2 fully saturated rings. The summed E-state index contributed by atoms with van der Waals surface area (Å²) in [6.07, 6.45) is 13.9. The molecule has 0 spiro atoms. The van der Waals surface area contributed by atoms with Crippen LogP contribution in [0.2, 0.25) is 0 Å². The summed E-state index contributed by atoms with van der Waals surface area (Å²) in [6.45, 7) is 2.19. The number of urea groups is 1. The molecule has 2 rings (SSSR count). The molecule has 0 aliphatic heterocycles. The minimum absolute atomic E-state index is 0.0734. The maximum atomic E-state index is 12.1. The summed E-state index contributed by atoms with van der Waals surface area (Å²) in [4.78, 5) is 12.1. The molecule has 0 aromatic carbocycles. The third-order valence-corrected chi connectivity index (χ3v) is 4.92. The molecule has 2 amide bonds. The van der Waals surface area contributed by atoms with Crippen LogP contribution in [0.15, 0.2) is 0 Å². The second-order valence-corrected chi connectivity index (χ2v) is 6.37. The monoisotopic (exact) mass is 266 g/mol. The zero-order chi connectivity index (χ0) is 13.5. The lowest BCUT2D eigenvalue weighted by molar-refractivity contribution is 0.213. The van der Waals surface area contributed by atoms with E-state index in [1.165, 1.54) is 51.4 Å². The molecule has 3 heteroatoms. The Morgan fingerprint density at radius 2 is 1.58 bits per heavy atom. The molecule has 0 aromatic rings. The molecule has 0 aromatic heterocycles. The average Bonchev–Trinajstić information content (AvgIpc) is 2.47. The van der Waals surface area contributed by atoms with E-state index in [0.717, 1.165) is 19.3 Å². The normalized spacial score (nSPS) is 23.8. The number of hydrogen-bond donors (Lipinski definition) is 2. The summed E-state index contributed by atoms with van der Waals surface area (Å²) in [6, 6.07) is 0.867. The number of hydrogen-bond acceptors (Lipinski definition) is 1. The van der Waals surface area contributed by atoms with Crippen LogP contribution in [0.4, 0.5) is 4.79 Å². The first-order chi connectivity index (χ1) is 9.29. The van der Waals surface area contributed by atoms with Gasteiger partial charge in [-0.15, -0.1) is 0 Å². The SMILES string of the molecule is CCC(NC(=O)NC1CCCCC1)C1CCCCC1. The highest BCUT2D eigenvalue weighted by Crippen LogP contribution is 2.27. The molecule has 2 N–H and O–H groups in total. The van der Waals surface area contributed by atoms with E-state index in [1.54, 1.807) is 0 Å². The van der Waals surface area contributed by atoms with Crippen molar-refractivity contribution in [1.29, 1.82) is 0 Å². The maximum Gasteiger partial charge on any atom is 0.315 e. The van der Waals surface area contributed by atoms with Crippen molar-refractivity contribution in [3.8, 4) is 0 Å². The van der Waals surface area contributed by atoms with Gasteiger partial charge in [-0.2, -0.15) is 0 Å². The topological polar surface area (TPSA) is 41.1 Å². The van der Waals surface area contributed by atoms with Gasteiger partial charge in [0.15, 0.2) is 0 Å². The zero-order valence-electron chi connectivity index (χ0n) is 12.4. The third-order valence-electron chi connectivity index (χ3n) is 4.92. The number of carbonyl (C=O) groups excluding carboxylic acids is 1. The second kappa shape index (κ2) is 7.76. The smallest absolute Gasteiger partial charge is 0.315 e. The first-order valence-corrected chi connectivity index (χ1v) is 8.36. The molecule has 0 bridgehead atoms. The molecule has 2 saturated carbocycles. The van der Waals surface area contributed by atoms with E-state index in [-0.39, 0.29) is 6.03 Å². The van der Waals surface area contributed by atoms with Crippen molar-refractivity contribution in [2.75, 3.05) is 0 Å². The maximum absolute atomic E-state index is 12.1. The van der Waals surface area contributed by atoms with Gasteiger partial charge in [-0.25, -0.2) is 4.79 Å². The van der Waals surface area contributed by atoms with Crippen molar-refractivity contribution >= 4 is 6.03 Å². The van der Waals surface area contributed by atoms with Crippen LogP contribution in [-0.4, -0.2) is 18.1 Å². The van der Waals surface area contributed by atoms with Gasteiger partial charge in [-0.05, 0) is 38.0 Å². The van der Waals surface area contributed by atoms with Crippen LogP contribution >= 0.6 is 0 Å². The highest BCUT2D eigenvalue weighted by Gasteiger charge is 2.24. The summed E-state index contributed by atoms with van der Waals surface area (Å²) in [5.74, 6) is 0.704. The minimum atomic E-state index is 0.0734. The minimum Gasteiger partial charge on any atom is -0.335 e. The molecule has 2 aliphatic carbocycles. The van der Waals surface area contributed by atoms with Gasteiger partial charge in [0.1, 0.15) is 0 Å². The van der Waals surface area contributed by atoms with Crippen LogP contribution in [0.5, 0.6) is 0 Å². The molecular weight excluding hydrogens is 236 g/mol. The van der Waals surface area contributed by atoms with Crippen molar-refractivity contribution in [2.45, 2.75) is 89.6 Å². The Morgan fingerprint density at radius 3 is 2.16 bits per heavy atom.